The summed E-state index contributed by atoms with van der Waals surface area (Å²) in [5, 5.41) is 3.22. The minimum atomic E-state index is 0.475. The van der Waals surface area contributed by atoms with Crippen molar-refractivity contribution in [1.29, 1.82) is 0 Å². The zero-order valence-electron chi connectivity index (χ0n) is 10.7. The Labute approximate surface area is 107 Å². The summed E-state index contributed by atoms with van der Waals surface area (Å²) in [6.45, 7) is 5.11. The fraction of sp³-hybridized carbons (Fsp3) is 0.286. The average molecular weight is 242 g/mol. The Hall–Kier alpha value is -2.10. The van der Waals surface area contributed by atoms with Crippen LogP contribution >= 0.6 is 0 Å². The molecule has 0 aliphatic carbocycles. The van der Waals surface area contributed by atoms with Crippen LogP contribution in [0.1, 0.15) is 30.9 Å². The molecule has 18 heavy (non-hydrogen) atoms. The van der Waals surface area contributed by atoms with E-state index in [4.69, 9.17) is 5.73 Å². The third kappa shape index (κ3) is 3.20. The van der Waals surface area contributed by atoms with Crippen molar-refractivity contribution in [3.05, 3.63) is 47.8 Å². The number of benzene rings is 1. The highest BCUT2D eigenvalue weighted by Gasteiger charge is 2.00. The van der Waals surface area contributed by atoms with Crippen molar-refractivity contribution in [2.75, 3.05) is 11.1 Å². The molecule has 94 valence electrons. The number of nitrogens with one attached hydrogen (secondary N) is 1. The van der Waals surface area contributed by atoms with Gasteiger partial charge in [-0.25, -0.2) is 9.97 Å². The molecule has 0 saturated carbocycles. The van der Waals surface area contributed by atoms with Gasteiger partial charge in [0, 0.05) is 12.6 Å². The van der Waals surface area contributed by atoms with Crippen LogP contribution in [0.15, 0.2) is 36.7 Å². The zero-order valence-corrected chi connectivity index (χ0v) is 10.7. The van der Waals surface area contributed by atoms with E-state index in [0.717, 1.165) is 12.4 Å². The maximum atomic E-state index is 5.59. The van der Waals surface area contributed by atoms with E-state index in [0.29, 0.717) is 11.7 Å². The van der Waals surface area contributed by atoms with E-state index in [2.05, 4.69) is 53.4 Å². The highest BCUT2D eigenvalue weighted by molar-refractivity contribution is 5.43. The van der Waals surface area contributed by atoms with Gasteiger partial charge < -0.3 is 11.1 Å². The fourth-order valence-corrected chi connectivity index (χ4v) is 1.68. The Morgan fingerprint density at radius 1 is 1.17 bits per heavy atom. The van der Waals surface area contributed by atoms with E-state index in [-0.39, 0.29) is 0 Å². The Balaban J connectivity index is 1.98. The van der Waals surface area contributed by atoms with Crippen LogP contribution in [0.3, 0.4) is 0 Å². The minimum absolute atomic E-state index is 0.475. The van der Waals surface area contributed by atoms with Crippen molar-refractivity contribution in [1.82, 2.24) is 9.97 Å². The van der Waals surface area contributed by atoms with Crippen molar-refractivity contribution in [3.8, 4) is 0 Å². The van der Waals surface area contributed by atoms with Crippen molar-refractivity contribution in [2.45, 2.75) is 26.3 Å². The molecule has 0 aliphatic heterocycles. The number of aromatic nitrogens is 2. The summed E-state index contributed by atoms with van der Waals surface area (Å²) in [6.07, 6.45) is 1.46. The molecule has 4 nitrogen and oxygen atoms in total. The molecule has 0 amide bonds. The second kappa shape index (κ2) is 5.49. The van der Waals surface area contributed by atoms with Crippen LogP contribution in [-0.2, 0) is 6.54 Å². The van der Waals surface area contributed by atoms with Crippen LogP contribution in [0.4, 0.5) is 11.6 Å². The van der Waals surface area contributed by atoms with Gasteiger partial charge in [0.05, 0.1) is 0 Å². The van der Waals surface area contributed by atoms with E-state index >= 15 is 0 Å². The Bertz CT molecular complexity index is 505. The normalized spacial score (nSPS) is 10.6. The molecule has 1 aromatic carbocycles. The predicted molar refractivity (Wildman–Crippen MR) is 74.3 cm³/mol. The first-order valence-electron chi connectivity index (χ1n) is 6.05. The van der Waals surface area contributed by atoms with Crippen LogP contribution in [0.5, 0.6) is 0 Å². The Morgan fingerprint density at radius 2 is 1.89 bits per heavy atom. The first-order chi connectivity index (χ1) is 8.65. The van der Waals surface area contributed by atoms with Gasteiger partial charge in [0.15, 0.2) is 0 Å². The SMILES string of the molecule is CC(C)c1ccc(CNc2cc(N)ncn2)cc1. The van der Waals surface area contributed by atoms with Crippen LogP contribution < -0.4 is 11.1 Å². The lowest BCUT2D eigenvalue weighted by Gasteiger charge is -2.08. The van der Waals surface area contributed by atoms with Crippen LogP contribution in [0.2, 0.25) is 0 Å². The molecule has 4 heteroatoms. The molecule has 0 bridgehead atoms. The summed E-state index contributed by atoms with van der Waals surface area (Å²) in [7, 11) is 0. The molecule has 2 aromatic rings. The van der Waals surface area contributed by atoms with Gasteiger partial charge in [0.2, 0.25) is 0 Å². The molecule has 0 aliphatic rings. The molecule has 2 rings (SSSR count). The summed E-state index contributed by atoms with van der Waals surface area (Å²) in [4.78, 5) is 7.95. The third-order valence-corrected chi connectivity index (χ3v) is 2.81. The van der Waals surface area contributed by atoms with Crippen LogP contribution in [0.25, 0.3) is 0 Å². The molecule has 3 N–H and O–H groups in total. The molecular formula is C14H18N4. The van der Waals surface area contributed by atoms with Crippen molar-refractivity contribution < 1.29 is 0 Å². The second-order valence-electron chi connectivity index (χ2n) is 4.58. The van der Waals surface area contributed by atoms with Crippen LogP contribution in [0, 0.1) is 0 Å². The lowest BCUT2D eigenvalue weighted by molar-refractivity contribution is 0.865. The van der Waals surface area contributed by atoms with E-state index < -0.39 is 0 Å². The summed E-state index contributed by atoms with van der Waals surface area (Å²) in [5.41, 5.74) is 8.16. The molecule has 0 atom stereocenters. The van der Waals surface area contributed by atoms with E-state index in [1.165, 1.54) is 17.5 Å². The maximum absolute atomic E-state index is 5.59. The zero-order chi connectivity index (χ0) is 13.0. The Kier molecular flexibility index (Phi) is 3.77. The molecule has 0 spiro atoms. The molecular weight excluding hydrogens is 224 g/mol. The average Bonchev–Trinajstić information content (AvgIpc) is 2.37. The van der Waals surface area contributed by atoms with Gasteiger partial charge in [-0.15, -0.1) is 0 Å². The number of hydrogen-bond donors (Lipinski definition) is 2. The number of hydrogen-bond acceptors (Lipinski definition) is 4. The lowest BCUT2D eigenvalue weighted by atomic mass is 10.0. The van der Waals surface area contributed by atoms with Gasteiger partial charge >= 0.3 is 0 Å². The fourth-order valence-electron chi connectivity index (χ4n) is 1.68. The topological polar surface area (TPSA) is 63.8 Å². The quantitative estimate of drug-likeness (QED) is 0.865. The number of nitrogens with zero attached hydrogens (tertiary/aromatic N) is 2. The number of nitrogen functional groups attached to an aromatic ring is 1. The minimum Gasteiger partial charge on any atom is -0.384 e. The first-order valence-corrected chi connectivity index (χ1v) is 6.05. The molecule has 0 saturated heterocycles. The standard InChI is InChI=1S/C14H18N4/c1-10(2)12-5-3-11(4-6-12)8-16-14-7-13(15)17-9-18-14/h3-7,9-10H,8H2,1-2H3,(H3,15,16,17,18). The highest BCUT2D eigenvalue weighted by Crippen LogP contribution is 2.15. The van der Waals surface area contributed by atoms with Gasteiger partial charge in [-0.1, -0.05) is 38.1 Å². The molecule has 1 heterocycles. The van der Waals surface area contributed by atoms with Gasteiger partial charge in [-0.05, 0) is 17.0 Å². The number of rotatable bonds is 4. The second-order valence-corrected chi connectivity index (χ2v) is 4.58. The van der Waals surface area contributed by atoms with Crippen molar-refractivity contribution in [3.63, 3.8) is 0 Å². The van der Waals surface area contributed by atoms with Crippen LogP contribution in [-0.4, -0.2) is 9.97 Å². The summed E-state index contributed by atoms with van der Waals surface area (Å²) >= 11 is 0. The first kappa shape index (κ1) is 12.4. The summed E-state index contributed by atoms with van der Waals surface area (Å²) < 4.78 is 0. The molecule has 0 unspecified atom stereocenters. The molecule has 0 fully saturated rings. The number of nitrogens with two attached hydrogens (primary N) is 1. The van der Waals surface area contributed by atoms with E-state index in [9.17, 15) is 0 Å². The van der Waals surface area contributed by atoms with Gasteiger partial charge in [0.1, 0.15) is 18.0 Å². The lowest BCUT2D eigenvalue weighted by Crippen LogP contribution is -2.03. The van der Waals surface area contributed by atoms with Gasteiger partial charge in [-0.3, -0.25) is 0 Å². The third-order valence-electron chi connectivity index (χ3n) is 2.81. The maximum Gasteiger partial charge on any atom is 0.131 e. The van der Waals surface area contributed by atoms with Gasteiger partial charge in [0.25, 0.3) is 0 Å². The Morgan fingerprint density at radius 3 is 2.50 bits per heavy atom. The molecule has 1 aromatic heterocycles. The highest BCUT2D eigenvalue weighted by atomic mass is 15.0. The van der Waals surface area contributed by atoms with Crippen molar-refractivity contribution >= 4 is 11.6 Å². The summed E-state index contributed by atoms with van der Waals surface area (Å²) in [6, 6.07) is 10.3. The summed E-state index contributed by atoms with van der Waals surface area (Å²) in [5.74, 6) is 1.78. The van der Waals surface area contributed by atoms with E-state index in [1.54, 1.807) is 6.07 Å². The molecule has 0 radical (unpaired) electrons. The monoisotopic (exact) mass is 242 g/mol. The van der Waals surface area contributed by atoms with Crippen molar-refractivity contribution in [2.24, 2.45) is 0 Å². The number of anilines is 2. The predicted octanol–water partition coefficient (Wildman–Crippen LogP) is 2.79. The van der Waals surface area contributed by atoms with E-state index in [1.807, 2.05) is 0 Å². The largest absolute Gasteiger partial charge is 0.384 e. The van der Waals surface area contributed by atoms with Gasteiger partial charge in [-0.2, -0.15) is 0 Å². The smallest absolute Gasteiger partial charge is 0.131 e.